The highest BCUT2D eigenvalue weighted by Gasteiger charge is 2.28. The molecule has 2 heterocycles. The van der Waals surface area contributed by atoms with Crippen LogP contribution in [0, 0.1) is 13.8 Å². The lowest BCUT2D eigenvalue weighted by molar-refractivity contribution is 0.921. The van der Waals surface area contributed by atoms with Crippen molar-refractivity contribution in [2.24, 2.45) is 0 Å². The Bertz CT molecular complexity index is 606. The minimum atomic E-state index is 0.504. The zero-order valence-electron chi connectivity index (χ0n) is 10.4. The second-order valence-corrected chi connectivity index (χ2v) is 5.17. The van der Waals surface area contributed by atoms with Gasteiger partial charge in [-0.3, -0.25) is 4.98 Å². The van der Waals surface area contributed by atoms with Crippen LogP contribution in [0.4, 0.5) is 0 Å². The third-order valence-corrected chi connectivity index (χ3v) is 3.69. The summed E-state index contributed by atoms with van der Waals surface area (Å²) in [5.41, 5.74) is 4.08. The van der Waals surface area contributed by atoms with Gasteiger partial charge >= 0.3 is 0 Å². The van der Waals surface area contributed by atoms with Gasteiger partial charge in [0.1, 0.15) is 11.0 Å². The quantitative estimate of drug-likeness (QED) is 0.772. The molecule has 0 aromatic carbocycles. The highest BCUT2D eigenvalue weighted by molar-refractivity contribution is 6.30. The Morgan fingerprint density at radius 2 is 2.00 bits per heavy atom. The first-order valence-electron chi connectivity index (χ1n) is 6.12. The van der Waals surface area contributed by atoms with Crippen molar-refractivity contribution in [2.75, 3.05) is 0 Å². The monoisotopic (exact) mass is 259 g/mol. The van der Waals surface area contributed by atoms with Crippen LogP contribution in [0.15, 0.2) is 18.5 Å². The molecule has 0 amide bonds. The topological polar surface area (TPSA) is 38.7 Å². The minimum absolute atomic E-state index is 0.504. The standard InChI is InChI=1S/C14H14ClN3/c1-8-7-16-6-5-11(8)12-9(2)13(15)18-14(17-12)10-3-4-10/h5-7,10H,3-4H2,1-2H3. The molecule has 0 bridgehead atoms. The molecule has 0 saturated heterocycles. The summed E-state index contributed by atoms with van der Waals surface area (Å²) in [4.78, 5) is 13.2. The van der Waals surface area contributed by atoms with Gasteiger partial charge in [0.25, 0.3) is 0 Å². The van der Waals surface area contributed by atoms with Gasteiger partial charge in [0.2, 0.25) is 0 Å². The highest BCUT2D eigenvalue weighted by atomic mass is 35.5. The Morgan fingerprint density at radius 1 is 1.22 bits per heavy atom. The zero-order valence-corrected chi connectivity index (χ0v) is 11.2. The van der Waals surface area contributed by atoms with Crippen LogP contribution in [0.5, 0.6) is 0 Å². The van der Waals surface area contributed by atoms with Crippen LogP contribution < -0.4 is 0 Å². The van der Waals surface area contributed by atoms with Crippen LogP contribution in [0.1, 0.15) is 35.7 Å². The maximum Gasteiger partial charge on any atom is 0.136 e. The van der Waals surface area contributed by atoms with Gasteiger partial charge in [-0.15, -0.1) is 0 Å². The molecule has 0 N–H and O–H groups in total. The third-order valence-electron chi connectivity index (χ3n) is 3.32. The van der Waals surface area contributed by atoms with Gasteiger partial charge in [-0.2, -0.15) is 0 Å². The van der Waals surface area contributed by atoms with Gasteiger partial charge in [0.15, 0.2) is 0 Å². The molecule has 0 radical (unpaired) electrons. The molecule has 0 aliphatic heterocycles. The Hall–Kier alpha value is -1.48. The molecule has 4 heteroatoms. The van der Waals surface area contributed by atoms with E-state index in [1.54, 1.807) is 6.20 Å². The number of rotatable bonds is 2. The predicted molar refractivity (Wildman–Crippen MR) is 71.7 cm³/mol. The van der Waals surface area contributed by atoms with Crippen LogP contribution in [0.25, 0.3) is 11.3 Å². The van der Waals surface area contributed by atoms with Crippen LogP contribution in [0.2, 0.25) is 5.15 Å². The summed E-state index contributed by atoms with van der Waals surface area (Å²) < 4.78 is 0. The van der Waals surface area contributed by atoms with Gasteiger partial charge in [0.05, 0.1) is 5.69 Å². The van der Waals surface area contributed by atoms with E-state index in [-0.39, 0.29) is 0 Å². The van der Waals surface area contributed by atoms with Crippen molar-refractivity contribution in [3.63, 3.8) is 0 Å². The Labute approximate surface area is 111 Å². The molecule has 1 aliphatic carbocycles. The first-order valence-corrected chi connectivity index (χ1v) is 6.49. The molecule has 0 spiro atoms. The normalized spacial score (nSPS) is 14.8. The number of aromatic nitrogens is 3. The largest absolute Gasteiger partial charge is 0.264 e. The number of nitrogens with zero attached hydrogens (tertiary/aromatic N) is 3. The summed E-state index contributed by atoms with van der Waals surface area (Å²) in [6, 6.07) is 1.98. The molecule has 1 fully saturated rings. The second-order valence-electron chi connectivity index (χ2n) is 4.81. The summed E-state index contributed by atoms with van der Waals surface area (Å²) in [5.74, 6) is 1.39. The van der Waals surface area contributed by atoms with Gasteiger partial charge in [0, 0.05) is 29.4 Å². The lowest BCUT2D eigenvalue weighted by atomic mass is 10.0. The van der Waals surface area contributed by atoms with E-state index in [1.165, 1.54) is 12.8 Å². The first-order chi connectivity index (χ1) is 8.66. The summed E-state index contributed by atoms with van der Waals surface area (Å²) in [6.45, 7) is 4.00. The molecule has 2 aromatic heterocycles. The SMILES string of the molecule is Cc1cnccc1-c1nc(C2CC2)nc(Cl)c1C. The summed E-state index contributed by atoms with van der Waals surface area (Å²) >= 11 is 6.23. The van der Waals surface area contributed by atoms with Crippen molar-refractivity contribution < 1.29 is 0 Å². The molecule has 0 atom stereocenters. The molecule has 1 saturated carbocycles. The highest BCUT2D eigenvalue weighted by Crippen LogP contribution is 2.40. The zero-order chi connectivity index (χ0) is 12.7. The van der Waals surface area contributed by atoms with Crippen molar-refractivity contribution in [1.82, 2.24) is 15.0 Å². The minimum Gasteiger partial charge on any atom is -0.264 e. The second kappa shape index (κ2) is 4.32. The van der Waals surface area contributed by atoms with Crippen molar-refractivity contribution in [1.29, 1.82) is 0 Å². The van der Waals surface area contributed by atoms with E-state index < -0.39 is 0 Å². The number of aryl methyl sites for hydroxylation is 1. The van der Waals surface area contributed by atoms with Gasteiger partial charge in [-0.05, 0) is 38.3 Å². The van der Waals surface area contributed by atoms with Crippen molar-refractivity contribution in [2.45, 2.75) is 32.6 Å². The predicted octanol–water partition coefficient (Wildman–Crippen LogP) is 3.69. The van der Waals surface area contributed by atoms with Gasteiger partial charge in [-0.25, -0.2) is 9.97 Å². The average molecular weight is 260 g/mol. The van der Waals surface area contributed by atoms with E-state index in [2.05, 4.69) is 9.97 Å². The van der Waals surface area contributed by atoms with Gasteiger partial charge in [-0.1, -0.05) is 11.6 Å². The first kappa shape index (κ1) is 11.6. The maximum absolute atomic E-state index is 6.23. The summed E-state index contributed by atoms with van der Waals surface area (Å²) in [6.07, 6.45) is 5.98. The third kappa shape index (κ3) is 1.99. The fourth-order valence-electron chi connectivity index (χ4n) is 2.03. The van der Waals surface area contributed by atoms with E-state index in [1.807, 2.05) is 26.1 Å². The molecule has 0 unspecified atom stereocenters. The molecule has 3 nitrogen and oxygen atoms in total. The van der Waals surface area contributed by atoms with E-state index in [0.29, 0.717) is 11.1 Å². The van der Waals surface area contributed by atoms with Crippen LogP contribution >= 0.6 is 11.6 Å². The van der Waals surface area contributed by atoms with Crippen LogP contribution in [0.3, 0.4) is 0 Å². The van der Waals surface area contributed by atoms with E-state index in [9.17, 15) is 0 Å². The Kier molecular flexibility index (Phi) is 2.78. The maximum atomic E-state index is 6.23. The summed E-state index contributed by atoms with van der Waals surface area (Å²) in [5, 5.41) is 0.568. The smallest absolute Gasteiger partial charge is 0.136 e. The fraction of sp³-hybridized carbons (Fsp3) is 0.357. The van der Waals surface area contributed by atoms with Gasteiger partial charge < -0.3 is 0 Å². The molecule has 18 heavy (non-hydrogen) atoms. The number of halogens is 1. The summed E-state index contributed by atoms with van der Waals surface area (Å²) in [7, 11) is 0. The average Bonchev–Trinajstić information content (AvgIpc) is 3.18. The van der Waals surface area contributed by atoms with E-state index in [0.717, 1.165) is 28.2 Å². The number of hydrogen-bond acceptors (Lipinski definition) is 3. The molecular weight excluding hydrogens is 246 g/mol. The van der Waals surface area contributed by atoms with Crippen LogP contribution in [-0.2, 0) is 0 Å². The van der Waals surface area contributed by atoms with Crippen molar-refractivity contribution >= 4 is 11.6 Å². The lowest BCUT2D eigenvalue weighted by Gasteiger charge is -2.10. The molecule has 1 aliphatic rings. The van der Waals surface area contributed by atoms with Crippen molar-refractivity contribution in [3.8, 4) is 11.3 Å². The Morgan fingerprint density at radius 3 is 2.67 bits per heavy atom. The fourth-order valence-corrected chi connectivity index (χ4v) is 2.21. The molecule has 92 valence electrons. The number of pyridine rings is 1. The Balaban J connectivity index is 2.18. The lowest BCUT2D eigenvalue weighted by Crippen LogP contribution is -2.00. The number of hydrogen-bond donors (Lipinski definition) is 0. The van der Waals surface area contributed by atoms with Crippen molar-refractivity contribution in [3.05, 3.63) is 40.6 Å². The molecule has 2 aromatic rings. The van der Waals surface area contributed by atoms with Crippen LogP contribution in [-0.4, -0.2) is 15.0 Å². The molecule has 3 rings (SSSR count). The van der Waals surface area contributed by atoms with E-state index >= 15 is 0 Å². The molecular formula is C14H14ClN3. The van der Waals surface area contributed by atoms with E-state index in [4.69, 9.17) is 16.6 Å².